The van der Waals surface area contributed by atoms with Gasteiger partial charge in [-0.25, -0.2) is 4.98 Å². The quantitative estimate of drug-likeness (QED) is 0.748. The molecule has 4 nitrogen and oxygen atoms in total. The van der Waals surface area contributed by atoms with Crippen molar-refractivity contribution in [2.75, 3.05) is 5.32 Å². The van der Waals surface area contributed by atoms with Gasteiger partial charge in [-0.15, -0.1) is 0 Å². The van der Waals surface area contributed by atoms with Crippen LogP contribution >= 0.6 is 23.2 Å². The van der Waals surface area contributed by atoms with Gasteiger partial charge in [0.1, 0.15) is 0 Å². The van der Waals surface area contributed by atoms with Gasteiger partial charge in [0.2, 0.25) is 5.28 Å². The summed E-state index contributed by atoms with van der Waals surface area (Å²) in [5, 5.41) is 3.72. The van der Waals surface area contributed by atoms with Gasteiger partial charge in [0.25, 0.3) is 5.91 Å². The van der Waals surface area contributed by atoms with E-state index < -0.39 is 0 Å². The van der Waals surface area contributed by atoms with E-state index in [1.165, 1.54) is 0 Å². The fraction of sp³-hybridized carbons (Fsp3) is 0. The minimum atomic E-state index is -0.202. The third kappa shape index (κ3) is 2.61. The zero-order chi connectivity index (χ0) is 14.1. The first-order chi connectivity index (χ1) is 9.61. The second-order valence-electron chi connectivity index (χ2n) is 4.22. The van der Waals surface area contributed by atoms with Crippen LogP contribution in [0.5, 0.6) is 0 Å². The molecule has 0 fully saturated rings. The molecule has 0 saturated carbocycles. The van der Waals surface area contributed by atoms with Gasteiger partial charge in [-0.3, -0.25) is 4.79 Å². The van der Waals surface area contributed by atoms with Crippen LogP contribution in [0.25, 0.3) is 11.0 Å². The number of rotatable bonds is 2. The number of carbonyl (C=O) groups excluding carboxylic acids is 1. The Labute approximate surface area is 124 Å². The van der Waals surface area contributed by atoms with Gasteiger partial charge < -0.3 is 10.3 Å². The number of halogens is 2. The van der Waals surface area contributed by atoms with Crippen molar-refractivity contribution in [3.63, 3.8) is 0 Å². The average Bonchev–Trinajstić information content (AvgIpc) is 2.78. The third-order valence-corrected chi connectivity index (χ3v) is 3.25. The molecule has 100 valence electrons. The number of aromatic amines is 1. The number of fused-ring (bicyclic) bond motifs is 1. The summed E-state index contributed by atoms with van der Waals surface area (Å²) >= 11 is 11.6. The Morgan fingerprint density at radius 3 is 2.60 bits per heavy atom. The summed E-state index contributed by atoms with van der Waals surface area (Å²) in [6.45, 7) is 0. The molecule has 1 aromatic heterocycles. The molecule has 6 heteroatoms. The minimum Gasteiger partial charge on any atom is -0.329 e. The van der Waals surface area contributed by atoms with Crippen LogP contribution in [-0.2, 0) is 0 Å². The third-order valence-electron chi connectivity index (χ3n) is 2.82. The number of nitrogens with zero attached hydrogens (tertiary/aromatic N) is 1. The van der Waals surface area contributed by atoms with Crippen LogP contribution in [0.3, 0.4) is 0 Å². The van der Waals surface area contributed by atoms with Crippen molar-refractivity contribution in [3.05, 3.63) is 58.3 Å². The molecule has 0 aliphatic carbocycles. The molecule has 0 saturated heterocycles. The summed E-state index contributed by atoms with van der Waals surface area (Å²) in [5.74, 6) is -0.202. The predicted molar refractivity (Wildman–Crippen MR) is 80.5 cm³/mol. The van der Waals surface area contributed by atoms with E-state index in [0.29, 0.717) is 21.6 Å². The molecule has 0 atom stereocenters. The van der Waals surface area contributed by atoms with E-state index in [1.54, 1.807) is 42.5 Å². The maximum Gasteiger partial charge on any atom is 0.255 e. The fourth-order valence-electron chi connectivity index (χ4n) is 1.86. The van der Waals surface area contributed by atoms with E-state index >= 15 is 0 Å². The van der Waals surface area contributed by atoms with Crippen molar-refractivity contribution >= 4 is 45.8 Å². The summed E-state index contributed by atoms with van der Waals surface area (Å²) in [6, 6.07) is 12.0. The van der Waals surface area contributed by atoms with Crippen LogP contribution in [0, 0.1) is 0 Å². The highest BCUT2D eigenvalue weighted by Crippen LogP contribution is 2.20. The van der Waals surface area contributed by atoms with Crippen LogP contribution in [-0.4, -0.2) is 15.9 Å². The molecule has 0 bridgehead atoms. The molecule has 0 radical (unpaired) electrons. The van der Waals surface area contributed by atoms with Crippen molar-refractivity contribution < 1.29 is 4.79 Å². The number of anilines is 1. The van der Waals surface area contributed by atoms with Crippen molar-refractivity contribution in [1.29, 1.82) is 0 Å². The summed E-state index contributed by atoms with van der Waals surface area (Å²) in [5.41, 5.74) is 2.72. The molecule has 2 N–H and O–H groups in total. The van der Waals surface area contributed by atoms with Gasteiger partial charge in [-0.1, -0.05) is 11.6 Å². The van der Waals surface area contributed by atoms with E-state index in [2.05, 4.69) is 15.3 Å². The zero-order valence-corrected chi connectivity index (χ0v) is 11.7. The normalized spacial score (nSPS) is 10.7. The van der Waals surface area contributed by atoms with Gasteiger partial charge in [-0.05, 0) is 54.1 Å². The molecular formula is C14H9Cl2N3O. The molecule has 0 spiro atoms. The lowest BCUT2D eigenvalue weighted by Crippen LogP contribution is -2.11. The molecule has 0 aliphatic heterocycles. The summed E-state index contributed by atoms with van der Waals surface area (Å²) in [6.07, 6.45) is 0. The van der Waals surface area contributed by atoms with Crippen molar-refractivity contribution in [2.24, 2.45) is 0 Å². The standard InChI is InChI=1S/C14H9Cl2N3O/c15-9-3-1-8(2-4-9)13(20)17-10-5-6-11-12(7-10)19-14(16)18-11/h1-7H,(H,17,20)(H,18,19). The number of benzene rings is 2. The molecule has 0 aliphatic rings. The number of nitrogens with one attached hydrogen (secondary N) is 2. The van der Waals surface area contributed by atoms with Crippen molar-refractivity contribution in [2.45, 2.75) is 0 Å². The van der Waals surface area contributed by atoms with E-state index in [9.17, 15) is 4.79 Å². The molecule has 0 unspecified atom stereocenters. The second kappa shape index (κ2) is 5.15. The highest BCUT2D eigenvalue weighted by atomic mass is 35.5. The lowest BCUT2D eigenvalue weighted by molar-refractivity contribution is 0.102. The molecular weight excluding hydrogens is 297 g/mol. The Balaban J connectivity index is 1.84. The van der Waals surface area contributed by atoms with Crippen LogP contribution in [0.1, 0.15) is 10.4 Å². The number of amides is 1. The monoisotopic (exact) mass is 305 g/mol. The second-order valence-corrected chi connectivity index (χ2v) is 5.02. The average molecular weight is 306 g/mol. The maximum atomic E-state index is 12.1. The van der Waals surface area contributed by atoms with Crippen LogP contribution in [0.4, 0.5) is 5.69 Å². The van der Waals surface area contributed by atoms with Gasteiger partial charge >= 0.3 is 0 Å². The van der Waals surface area contributed by atoms with Crippen LogP contribution < -0.4 is 5.32 Å². The highest BCUT2D eigenvalue weighted by Gasteiger charge is 2.07. The minimum absolute atomic E-state index is 0.202. The first kappa shape index (κ1) is 13.0. The number of hydrogen-bond acceptors (Lipinski definition) is 2. The number of hydrogen-bond donors (Lipinski definition) is 2. The highest BCUT2D eigenvalue weighted by molar-refractivity contribution is 6.30. The van der Waals surface area contributed by atoms with E-state index in [4.69, 9.17) is 23.2 Å². The molecule has 1 amide bonds. The lowest BCUT2D eigenvalue weighted by atomic mass is 10.2. The molecule has 1 heterocycles. The summed E-state index contributed by atoms with van der Waals surface area (Å²) < 4.78 is 0. The summed E-state index contributed by atoms with van der Waals surface area (Å²) in [7, 11) is 0. The first-order valence-corrected chi connectivity index (χ1v) is 6.59. The SMILES string of the molecule is O=C(Nc1ccc2nc(Cl)[nH]c2c1)c1ccc(Cl)cc1. The zero-order valence-electron chi connectivity index (χ0n) is 10.2. The molecule has 20 heavy (non-hydrogen) atoms. The Morgan fingerprint density at radius 1 is 1.10 bits per heavy atom. The lowest BCUT2D eigenvalue weighted by Gasteiger charge is -2.05. The largest absolute Gasteiger partial charge is 0.329 e. The number of H-pyrrole nitrogens is 1. The van der Waals surface area contributed by atoms with E-state index in [-0.39, 0.29) is 5.91 Å². The van der Waals surface area contributed by atoms with E-state index in [1.807, 2.05) is 0 Å². The smallest absolute Gasteiger partial charge is 0.255 e. The predicted octanol–water partition coefficient (Wildman–Crippen LogP) is 4.12. The molecule has 2 aromatic carbocycles. The molecule has 3 aromatic rings. The first-order valence-electron chi connectivity index (χ1n) is 5.84. The number of aromatic nitrogens is 2. The van der Waals surface area contributed by atoms with Gasteiger partial charge in [0.15, 0.2) is 0 Å². The Kier molecular flexibility index (Phi) is 3.34. The Bertz CT molecular complexity index is 781. The van der Waals surface area contributed by atoms with Crippen molar-refractivity contribution in [3.8, 4) is 0 Å². The fourth-order valence-corrected chi connectivity index (χ4v) is 2.18. The number of carbonyl (C=O) groups is 1. The maximum absolute atomic E-state index is 12.1. The Hall–Kier alpha value is -2.04. The van der Waals surface area contributed by atoms with Gasteiger partial charge in [0, 0.05) is 16.3 Å². The van der Waals surface area contributed by atoms with Gasteiger partial charge in [-0.2, -0.15) is 0 Å². The topological polar surface area (TPSA) is 57.8 Å². The van der Waals surface area contributed by atoms with Crippen LogP contribution in [0.2, 0.25) is 10.3 Å². The van der Waals surface area contributed by atoms with Crippen molar-refractivity contribution in [1.82, 2.24) is 9.97 Å². The number of imidazole rings is 1. The summed E-state index contributed by atoms with van der Waals surface area (Å²) in [4.78, 5) is 19.0. The molecule has 3 rings (SSSR count). The Morgan fingerprint density at radius 2 is 1.85 bits per heavy atom. The van der Waals surface area contributed by atoms with E-state index in [0.717, 1.165) is 11.0 Å². The van der Waals surface area contributed by atoms with Crippen LogP contribution in [0.15, 0.2) is 42.5 Å². The van der Waals surface area contributed by atoms with Gasteiger partial charge in [0.05, 0.1) is 11.0 Å².